The molecule has 2 aliphatic heterocycles. The van der Waals surface area contributed by atoms with Gasteiger partial charge in [-0.3, -0.25) is 0 Å². The first kappa shape index (κ1) is 26.6. The Morgan fingerprint density at radius 2 is 1.97 bits per heavy atom. The van der Waals surface area contributed by atoms with Crippen molar-refractivity contribution in [3.63, 3.8) is 0 Å². The van der Waals surface area contributed by atoms with Gasteiger partial charge in [-0.15, -0.1) is 11.8 Å². The number of aromatic nitrogens is 1. The third-order valence-corrected chi connectivity index (χ3v) is 8.18. The maximum atomic E-state index is 13.6. The number of fused-ring (bicyclic) bond motifs is 2. The van der Waals surface area contributed by atoms with Crippen molar-refractivity contribution >= 4 is 34.0 Å². The molecule has 202 valence electrons. The van der Waals surface area contributed by atoms with E-state index in [2.05, 4.69) is 27.4 Å². The molecular weight excluding hydrogens is 509 g/mol. The Hall–Kier alpha value is -2.96. The molecule has 2 unspecified atom stereocenters. The number of nitrogens with one attached hydrogen (secondary N) is 2. The standard InChI is InChI=1S/C29H33F3N4OS/c1-37-28-18-23(38-2)10-11-26(28)33-13-4-6-22-17-24-25(8-3-9-27(24)36(22)19-29(30,31)32)34-20-12-15-35-14-5-7-21(35)16-20/h3,8-11,17-18,20-21,33-34H,5,7,12-16,19H2,1-2H3. The van der Waals surface area contributed by atoms with Crippen molar-refractivity contribution in [1.29, 1.82) is 0 Å². The number of hydrogen-bond donors (Lipinski definition) is 2. The molecule has 1 aromatic heterocycles. The van der Waals surface area contributed by atoms with Gasteiger partial charge in [0.05, 0.1) is 30.6 Å². The van der Waals surface area contributed by atoms with Crippen molar-refractivity contribution in [2.75, 3.05) is 43.6 Å². The lowest BCUT2D eigenvalue weighted by Crippen LogP contribution is -2.42. The highest BCUT2D eigenvalue weighted by Gasteiger charge is 2.32. The van der Waals surface area contributed by atoms with Crippen LogP contribution in [0, 0.1) is 11.8 Å². The number of thioether (sulfide) groups is 1. The smallest absolute Gasteiger partial charge is 0.406 e. The quantitative estimate of drug-likeness (QED) is 0.266. The van der Waals surface area contributed by atoms with E-state index in [1.807, 2.05) is 36.6 Å². The summed E-state index contributed by atoms with van der Waals surface area (Å²) in [5, 5.41) is 7.64. The van der Waals surface area contributed by atoms with Crippen LogP contribution in [0.3, 0.4) is 0 Å². The first-order valence-electron chi connectivity index (χ1n) is 13.0. The molecule has 0 saturated carbocycles. The fourth-order valence-corrected chi connectivity index (χ4v) is 6.09. The lowest BCUT2D eigenvalue weighted by atomic mass is 9.97. The second kappa shape index (κ2) is 11.4. The highest BCUT2D eigenvalue weighted by molar-refractivity contribution is 7.98. The molecular formula is C29H33F3N4OS. The minimum atomic E-state index is -4.36. The van der Waals surface area contributed by atoms with Gasteiger partial charge < -0.3 is 24.8 Å². The average Bonchev–Trinajstić information content (AvgIpc) is 3.50. The van der Waals surface area contributed by atoms with Crippen LogP contribution in [0.2, 0.25) is 0 Å². The number of rotatable bonds is 7. The Labute approximate surface area is 226 Å². The fraction of sp³-hybridized carbons (Fsp3) is 0.448. The van der Waals surface area contributed by atoms with Crippen LogP contribution in [0.4, 0.5) is 24.5 Å². The van der Waals surface area contributed by atoms with Gasteiger partial charge in [-0.2, -0.15) is 13.2 Å². The predicted octanol–water partition coefficient (Wildman–Crippen LogP) is 6.44. The molecule has 2 aliphatic rings. The molecule has 2 atom stereocenters. The molecule has 9 heteroatoms. The molecule has 2 aromatic carbocycles. The van der Waals surface area contributed by atoms with Crippen molar-refractivity contribution < 1.29 is 17.9 Å². The van der Waals surface area contributed by atoms with E-state index in [0.717, 1.165) is 41.0 Å². The summed E-state index contributed by atoms with van der Waals surface area (Å²) < 4.78 is 47.4. The van der Waals surface area contributed by atoms with Gasteiger partial charge in [0.15, 0.2) is 0 Å². The van der Waals surface area contributed by atoms with E-state index in [9.17, 15) is 13.2 Å². The topological polar surface area (TPSA) is 41.5 Å². The lowest BCUT2D eigenvalue weighted by molar-refractivity contribution is -0.140. The van der Waals surface area contributed by atoms with Gasteiger partial charge in [0, 0.05) is 34.6 Å². The van der Waals surface area contributed by atoms with Crippen molar-refractivity contribution in [3.05, 3.63) is 48.2 Å². The monoisotopic (exact) mass is 542 g/mol. The summed E-state index contributed by atoms with van der Waals surface area (Å²) in [5.41, 5.74) is 2.55. The molecule has 0 aliphatic carbocycles. The normalized spacial score (nSPS) is 19.6. The minimum absolute atomic E-state index is 0.271. The highest BCUT2D eigenvalue weighted by Crippen LogP contribution is 2.33. The first-order valence-corrected chi connectivity index (χ1v) is 14.2. The number of ether oxygens (including phenoxy) is 1. The molecule has 3 aromatic rings. The molecule has 2 saturated heterocycles. The number of nitrogens with zero attached hydrogens (tertiary/aromatic N) is 2. The van der Waals surface area contributed by atoms with Gasteiger partial charge in [0.2, 0.25) is 0 Å². The Morgan fingerprint density at radius 3 is 2.76 bits per heavy atom. The van der Waals surface area contributed by atoms with Crippen molar-refractivity contribution in [1.82, 2.24) is 9.47 Å². The zero-order valence-corrected chi connectivity index (χ0v) is 22.5. The van der Waals surface area contributed by atoms with Crippen LogP contribution in [0.25, 0.3) is 10.9 Å². The van der Waals surface area contributed by atoms with Gasteiger partial charge in [-0.05, 0) is 80.8 Å². The fourth-order valence-electron chi connectivity index (χ4n) is 5.66. The Bertz CT molecular complexity index is 1340. The summed E-state index contributed by atoms with van der Waals surface area (Å²) in [4.78, 5) is 3.64. The van der Waals surface area contributed by atoms with Crippen LogP contribution in [0.5, 0.6) is 5.75 Å². The summed E-state index contributed by atoms with van der Waals surface area (Å²) in [6.07, 6.45) is 2.22. The van der Waals surface area contributed by atoms with Crippen molar-refractivity contribution in [3.8, 4) is 17.6 Å². The van der Waals surface area contributed by atoms with E-state index >= 15 is 0 Å². The number of benzene rings is 2. The van der Waals surface area contributed by atoms with Crippen molar-refractivity contribution in [2.45, 2.75) is 55.4 Å². The number of halogens is 3. The molecule has 2 N–H and O–H groups in total. The lowest BCUT2D eigenvalue weighted by Gasteiger charge is -2.35. The van der Waals surface area contributed by atoms with Crippen LogP contribution in [-0.2, 0) is 6.54 Å². The molecule has 0 bridgehead atoms. The second-order valence-corrected chi connectivity index (χ2v) is 10.8. The van der Waals surface area contributed by atoms with Gasteiger partial charge in [-0.1, -0.05) is 12.0 Å². The summed E-state index contributed by atoms with van der Waals surface area (Å²) in [6, 6.07) is 14.1. The van der Waals surface area contributed by atoms with Gasteiger partial charge in [0.1, 0.15) is 12.3 Å². The van der Waals surface area contributed by atoms with Gasteiger partial charge in [-0.25, -0.2) is 0 Å². The Kier molecular flexibility index (Phi) is 8.01. The SMILES string of the molecule is COc1cc(SC)ccc1NCC#Cc1cc2c(NC3CCN4CCCC4C3)cccc2n1CC(F)(F)F. The zero-order valence-electron chi connectivity index (χ0n) is 21.7. The van der Waals surface area contributed by atoms with Crippen LogP contribution < -0.4 is 15.4 Å². The second-order valence-electron chi connectivity index (χ2n) is 9.89. The molecule has 38 heavy (non-hydrogen) atoms. The largest absolute Gasteiger partial charge is 0.495 e. The van der Waals surface area contributed by atoms with E-state index in [0.29, 0.717) is 29.0 Å². The van der Waals surface area contributed by atoms with Crippen LogP contribution in [-0.4, -0.2) is 60.7 Å². The summed E-state index contributed by atoms with van der Waals surface area (Å²) in [5.74, 6) is 6.69. The third kappa shape index (κ3) is 6.02. The molecule has 0 amide bonds. The number of alkyl halides is 3. The first-order chi connectivity index (χ1) is 18.3. The van der Waals surface area contributed by atoms with Crippen molar-refractivity contribution in [2.24, 2.45) is 0 Å². The van der Waals surface area contributed by atoms with Gasteiger partial charge >= 0.3 is 6.18 Å². The molecule has 0 spiro atoms. The Morgan fingerprint density at radius 1 is 1.11 bits per heavy atom. The predicted molar refractivity (Wildman–Crippen MR) is 149 cm³/mol. The van der Waals surface area contributed by atoms with Gasteiger partial charge in [0.25, 0.3) is 0 Å². The summed E-state index contributed by atoms with van der Waals surface area (Å²) in [7, 11) is 1.61. The van der Waals surface area contributed by atoms with E-state index in [1.54, 1.807) is 31.0 Å². The van der Waals surface area contributed by atoms with Crippen LogP contribution in [0.15, 0.2) is 47.4 Å². The number of anilines is 2. The maximum Gasteiger partial charge on any atom is 0.406 e. The number of hydrogen-bond acceptors (Lipinski definition) is 5. The summed E-state index contributed by atoms with van der Waals surface area (Å²) in [6.45, 7) is 1.44. The van der Waals surface area contributed by atoms with E-state index < -0.39 is 12.7 Å². The minimum Gasteiger partial charge on any atom is -0.495 e. The molecule has 0 radical (unpaired) electrons. The molecule has 2 fully saturated rings. The Balaban J connectivity index is 1.38. The molecule has 3 heterocycles. The van der Waals surface area contributed by atoms with E-state index in [-0.39, 0.29) is 6.54 Å². The summed E-state index contributed by atoms with van der Waals surface area (Å²) >= 11 is 1.62. The number of piperidine rings is 1. The van der Waals surface area contributed by atoms with Crippen LogP contribution in [0.1, 0.15) is 31.4 Å². The average molecular weight is 543 g/mol. The third-order valence-electron chi connectivity index (χ3n) is 7.46. The van der Waals surface area contributed by atoms with Crippen LogP contribution >= 0.6 is 11.8 Å². The van der Waals surface area contributed by atoms with E-state index in [1.165, 1.54) is 24.0 Å². The number of methoxy groups -OCH3 is 1. The molecule has 5 rings (SSSR count). The van der Waals surface area contributed by atoms with E-state index in [4.69, 9.17) is 4.74 Å². The maximum absolute atomic E-state index is 13.6. The molecule has 5 nitrogen and oxygen atoms in total. The zero-order chi connectivity index (χ0) is 26.7. The highest BCUT2D eigenvalue weighted by atomic mass is 32.2.